The molecule has 3 nitrogen and oxygen atoms in total. The summed E-state index contributed by atoms with van der Waals surface area (Å²) in [7, 11) is 1.91. The van der Waals surface area contributed by atoms with E-state index in [9.17, 15) is 5.11 Å². The Hall–Kier alpha value is -1.52. The van der Waals surface area contributed by atoms with Crippen molar-refractivity contribution >= 4 is 15.9 Å². The monoisotopic (exact) mass is 335 g/mol. The molecule has 0 aliphatic heterocycles. The molecule has 0 aromatic heterocycles. The van der Waals surface area contributed by atoms with Gasteiger partial charge in [0.15, 0.2) is 0 Å². The molecule has 0 saturated carbocycles. The summed E-state index contributed by atoms with van der Waals surface area (Å²) in [5.74, 6) is 1.15. The predicted octanol–water partition coefficient (Wildman–Crippen LogP) is 3.76. The van der Waals surface area contributed by atoms with Crippen molar-refractivity contribution in [2.24, 2.45) is 0 Å². The fraction of sp³-hybridized carbons (Fsp3) is 0.250. The molecule has 0 aliphatic carbocycles. The van der Waals surface area contributed by atoms with E-state index in [0.29, 0.717) is 6.61 Å². The Labute approximate surface area is 127 Å². The van der Waals surface area contributed by atoms with Gasteiger partial charge in [-0.1, -0.05) is 28.1 Å². The molecular weight excluding hydrogens is 318 g/mol. The van der Waals surface area contributed by atoms with Crippen LogP contribution in [0.5, 0.6) is 11.5 Å². The van der Waals surface area contributed by atoms with Crippen LogP contribution in [-0.4, -0.2) is 12.2 Å². The number of phenolic OH excluding ortho intramolecular Hbond substituents is 1. The third-order valence-electron chi connectivity index (χ3n) is 2.98. The molecule has 0 saturated heterocycles. The van der Waals surface area contributed by atoms with Crippen LogP contribution in [0.15, 0.2) is 40.9 Å². The molecule has 0 aliphatic rings. The van der Waals surface area contributed by atoms with Gasteiger partial charge < -0.3 is 15.2 Å². The minimum absolute atomic E-state index is 0.258. The summed E-state index contributed by atoms with van der Waals surface area (Å²) in [4.78, 5) is 0. The lowest BCUT2D eigenvalue weighted by Crippen LogP contribution is -2.08. The van der Waals surface area contributed by atoms with Crippen LogP contribution in [0, 0.1) is 6.92 Å². The van der Waals surface area contributed by atoms with E-state index in [1.165, 1.54) is 0 Å². The van der Waals surface area contributed by atoms with Crippen molar-refractivity contribution in [3.8, 4) is 11.5 Å². The van der Waals surface area contributed by atoms with Gasteiger partial charge in [-0.2, -0.15) is 0 Å². The smallest absolute Gasteiger partial charge is 0.127 e. The average Bonchev–Trinajstić information content (AvgIpc) is 2.38. The lowest BCUT2D eigenvalue weighted by molar-refractivity contribution is 0.299. The summed E-state index contributed by atoms with van der Waals surface area (Å²) in [6.07, 6.45) is 0. The van der Waals surface area contributed by atoms with E-state index in [4.69, 9.17) is 4.74 Å². The fourth-order valence-corrected chi connectivity index (χ4v) is 2.75. The van der Waals surface area contributed by atoms with Crippen molar-refractivity contribution in [2.75, 3.05) is 7.05 Å². The predicted molar refractivity (Wildman–Crippen MR) is 84.1 cm³/mol. The van der Waals surface area contributed by atoms with Crippen LogP contribution in [0.25, 0.3) is 0 Å². The summed E-state index contributed by atoms with van der Waals surface area (Å²) < 4.78 is 6.99. The minimum atomic E-state index is 0.258. The van der Waals surface area contributed by atoms with Gasteiger partial charge in [0.05, 0.1) is 0 Å². The molecule has 0 amide bonds. The molecule has 0 fully saturated rings. The van der Waals surface area contributed by atoms with Crippen molar-refractivity contribution in [3.63, 3.8) is 0 Å². The lowest BCUT2D eigenvalue weighted by Gasteiger charge is -2.15. The molecule has 0 spiro atoms. The molecule has 2 aromatic carbocycles. The zero-order valence-corrected chi connectivity index (χ0v) is 13.2. The van der Waals surface area contributed by atoms with Gasteiger partial charge in [-0.15, -0.1) is 0 Å². The second-order valence-electron chi connectivity index (χ2n) is 4.70. The molecule has 0 radical (unpaired) electrons. The number of rotatable bonds is 5. The van der Waals surface area contributed by atoms with Crippen molar-refractivity contribution in [1.29, 1.82) is 0 Å². The Balaban J connectivity index is 2.20. The summed E-state index contributed by atoms with van der Waals surface area (Å²) in [5, 5.41) is 12.6. The van der Waals surface area contributed by atoms with E-state index in [1.807, 2.05) is 32.2 Å². The number of aryl methyl sites for hydroxylation is 1. The molecular formula is C16H18BrNO2. The maximum atomic E-state index is 9.47. The number of phenols is 1. The number of halogens is 1. The Bertz CT molecular complexity index is 599. The van der Waals surface area contributed by atoms with E-state index in [1.54, 1.807) is 12.1 Å². The van der Waals surface area contributed by atoms with Crippen LogP contribution in [-0.2, 0) is 13.2 Å². The summed E-state index contributed by atoms with van der Waals surface area (Å²) >= 11 is 3.51. The van der Waals surface area contributed by atoms with Crippen molar-refractivity contribution < 1.29 is 9.84 Å². The molecule has 2 aromatic rings. The Kier molecular flexibility index (Phi) is 5.04. The number of hydrogen-bond acceptors (Lipinski definition) is 3. The first kappa shape index (κ1) is 14.9. The van der Waals surface area contributed by atoms with Crippen molar-refractivity contribution in [3.05, 3.63) is 57.6 Å². The molecule has 2 N–H and O–H groups in total. The van der Waals surface area contributed by atoms with Gasteiger partial charge in [0.25, 0.3) is 0 Å². The van der Waals surface area contributed by atoms with Crippen LogP contribution in [0.2, 0.25) is 0 Å². The van der Waals surface area contributed by atoms with E-state index >= 15 is 0 Å². The lowest BCUT2D eigenvalue weighted by atomic mass is 10.1. The van der Waals surface area contributed by atoms with E-state index in [2.05, 4.69) is 27.3 Å². The molecule has 0 bridgehead atoms. The third kappa shape index (κ3) is 3.74. The molecule has 20 heavy (non-hydrogen) atoms. The topological polar surface area (TPSA) is 41.5 Å². The highest BCUT2D eigenvalue weighted by molar-refractivity contribution is 9.10. The molecule has 2 rings (SSSR count). The first-order valence-electron chi connectivity index (χ1n) is 6.44. The van der Waals surface area contributed by atoms with Gasteiger partial charge in [-0.05, 0) is 49.4 Å². The van der Waals surface area contributed by atoms with Gasteiger partial charge in [-0.3, -0.25) is 0 Å². The first-order chi connectivity index (χ1) is 9.60. The Morgan fingerprint density at radius 2 is 2.05 bits per heavy atom. The molecule has 106 valence electrons. The zero-order chi connectivity index (χ0) is 14.5. The highest BCUT2D eigenvalue weighted by Crippen LogP contribution is 2.29. The zero-order valence-electron chi connectivity index (χ0n) is 11.6. The minimum Gasteiger partial charge on any atom is -0.508 e. The molecule has 0 heterocycles. The first-order valence-corrected chi connectivity index (χ1v) is 7.24. The number of nitrogens with one attached hydrogen (secondary N) is 1. The van der Waals surface area contributed by atoms with Crippen LogP contribution in [0.1, 0.15) is 16.7 Å². The quantitative estimate of drug-likeness (QED) is 0.874. The second-order valence-corrected chi connectivity index (χ2v) is 5.62. The molecule has 0 unspecified atom stereocenters. The number of aromatic hydroxyl groups is 1. The van der Waals surface area contributed by atoms with Gasteiger partial charge in [0.1, 0.15) is 18.1 Å². The maximum absolute atomic E-state index is 9.47. The normalized spacial score (nSPS) is 10.6. The van der Waals surface area contributed by atoms with Crippen LogP contribution in [0.3, 0.4) is 0 Å². The van der Waals surface area contributed by atoms with Gasteiger partial charge in [0, 0.05) is 16.6 Å². The third-order valence-corrected chi connectivity index (χ3v) is 3.44. The number of hydrogen-bond donors (Lipinski definition) is 2. The van der Waals surface area contributed by atoms with Crippen LogP contribution >= 0.6 is 15.9 Å². The Morgan fingerprint density at radius 3 is 2.75 bits per heavy atom. The largest absolute Gasteiger partial charge is 0.508 e. The van der Waals surface area contributed by atoms with Gasteiger partial charge in [0.2, 0.25) is 0 Å². The SMILES string of the molecule is CNCc1cc(Br)cc(C)c1OCc1cccc(O)c1. The summed E-state index contributed by atoms with van der Waals surface area (Å²) in [6, 6.07) is 11.2. The van der Waals surface area contributed by atoms with Crippen LogP contribution < -0.4 is 10.1 Å². The van der Waals surface area contributed by atoms with Gasteiger partial charge >= 0.3 is 0 Å². The number of ether oxygens (including phenoxy) is 1. The summed E-state index contributed by atoms with van der Waals surface area (Å²) in [5.41, 5.74) is 3.15. The molecule has 0 atom stereocenters. The summed E-state index contributed by atoms with van der Waals surface area (Å²) in [6.45, 7) is 3.21. The van der Waals surface area contributed by atoms with E-state index in [0.717, 1.165) is 33.5 Å². The highest BCUT2D eigenvalue weighted by Gasteiger charge is 2.09. The maximum Gasteiger partial charge on any atom is 0.127 e. The average molecular weight is 336 g/mol. The fourth-order valence-electron chi connectivity index (χ4n) is 2.13. The highest BCUT2D eigenvalue weighted by atomic mass is 79.9. The standard InChI is InChI=1S/C16H18BrNO2/c1-11-6-14(17)8-13(9-18-2)16(11)20-10-12-4-3-5-15(19)7-12/h3-8,18-19H,9-10H2,1-2H3. The van der Waals surface area contributed by atoms with E-state index in [-0.39, 0.29) is 5.75 Å². The van der Waals surface area contributed by atoms with Crippen LogP contribution in [0.4, 0.5) is 0 Å². The number of benzene rings is 2. The van der Waals surface area contributed by atoms with Crippen molar-refractivity contribution in [1.82, 2.24) is 5.32 Å². The van der Waals surface area contributed by atoms with E-state index < -0.39 is 0 Å². The van der Waals surface area contributed by atoms with Crippen molar-refractivity contribution in [2.45, 2.75) is 20.1 Å². The van der Waals surface area contributed by atoms with Gasteiger partial charge in [-0.25, -0.2) is 0 Å². The Morgan fingerprint density at radius 1 is 1.25 bits per heavy atom. The molecule has 4 heteroatoms. The second kappa shape index (κ2) is 6.77.